The SMILES string of the molecule is N#CCN(NC(=O)Nc1ccccc1)C(=O)CCC1CCCCC1. The first-order valence-electron chi connectivity index (χ1n) is 8.49. The van der Waals surface area contributed by atoms with Crippen LogP contribution in [0.25, 0.3) is 0 Å². The Balaban J connectivity index is 1.82. The van der Waals surface area contributed by atoms with E-state index in [-0.39, 0.29) is 12.5 Å². The lowest BCUT2D eigenvalue weighted by molar-refractivity contribution is -0.133. The fourth-order valence-electron chi connectivity index (χ4n) is 3.00. The lowest BCUT2D eigenvalue weighted by Gasteiger charge is -2.24. The Hall–Kier alpha value is -2.55. The third-order valence-electron chi connectivity index (χ3n) is 4.29. The molecule has 2 rings (SSSR count). The summed E-state index contributed by atoms with van der Waals surface area (Å²) in [5.74, 6) is 0.370. The molecule has 6 heteroatoms. The Kier molecular flexibility index (Phi) is 7.09. The Bertz CT molecular complexity index is 576. The first-order chi connectivity index (χ1) is 11.7. The van der Waals surface area contributed by atoms with Gasteiger partial charge < -0.3 is 5.32 Å². The predicted octanol–water partition coefficient (Wildman–Crippen LogP) is 3.44. The molecule has 1 saturated carbocycles. The van der Waals surface area contributed by atoms with Crippen LogP contribution in [0.3, 0.4) is 0 Å². The van der Waals surface area contributed by atoms with Crippen LogP contribution < -0.4 is 10.7 Å². The van der Waals surface area contributed by atoms with Crippen molar-refractivity contribution in [1.82, 2.24) is 10.4 Å². The zero-order chi connectivity index (χ0) is 17.2. The van der Waals surface area contributed by atoms with Crippen molar-refractivity contribution in [2.24, 2.45) is 5.92 Å². The van der Waals surface area contributed by atoms with Gasteiger partial charge in [0.15, 0.2) is 0 Å². The van der Waals surface area contributed by atoms with Crippen LogP contribution in [0.1, 0.15) is 44.9 Å². The summed E-state index contributed by atoms with van der Waals surface area (Å²) in [7, 11) is 0. The van der Waals surface area contributed by atoms with Gasteiger partial charge in [-0.1, -0.05) is 50.3 Å². The number of para-hydroxylation sites is 1. The number of hydrazine groups is 1. The molecular weight excluding hydrogens is 304 g/mol. The average molecular weight is 328 g/mol. The van der Waals surface area contributed by atoms with Crippen LogP contribution >= 0.6 is 0 Å². The lowest BCUT2D eigenvalue weighted by atomic mass is 9.86. The molecule has 0 bridgehead atoms. The van der Waals surface area contributed by atoms with Crippen molar-refractivity contribution >= 4 is 17.6 Å². The van der Waals surface area contributed by atoms with E-state index in [1.54, 1.807) is 24.3 Å². The molecule has 1 fully saturated rings. The van der Waals surface area contributed by atoms with Crippen LogP contribution in [-0.2, 0) is 4.79 Å². The maximum absolute atomic E-state index is 12.3. The van der Waals surface area contributed by atoms with Crippen LogP contribution in [-0.4, -0.2) is 23.5 Å². The van der Waals surface area contributed by atoms with Gasteiger partial charge in [-0.15, -0.1) is 0 Å². The number of rotatable bonds is 5. The Morgan fingerprint density at radius 1 is 1.17 bits per heavy atom. The van der Waals surface area contributed by atoms with Gasteiger partial charge in [0.25, 0.3) is 0 Å². The fourth-order valence-corrected chi connectivity index (χ4v) is 3.00. The normalized spacial score (nSPS) is 14.5. The third-order valence-corrected chi connectivity index (χ3v) is 4.29. The molecule has 1 aliphatic rings. The zero-order valence-electron chi connectivity index (χ0n) is 13.8. The lowest BCUT2D eigenvalue weighted by Crippen LogP contribution is -2.48. The van der Waals surface area contributed by atoms with Gasteiger partial charge in [0.2, 0.25) is 5.91 Å². The second kappa shape index (κ2) is 9.56. The van der Waals surface area contributed by atoms with Gasteiger partial charge in [0.05, 0.1) is 6.07 Å². The number of urea groups is 1. The molecule has 3 amide bonds. The highest BCUT2D eigenvalue weighted by Gasteiger charge is 2.19. The number of carbonyl (C=O) groups is 2. The number of anilines is 1. The number of amides is 3. The molecule has 2 N–H and O–H groups in total. The van der Waals surface area contributed by atoms with Crippen LogP contribution in [0.2, 0.25) is 0 Å². The van der Waals surface area contributed by atoms with Crippen LogP contribution in [0.15, 0.2) is 30.3 Å². The van der Waals surface area contributed by atoms with Gasteiger partial charge in [-0.05, 0) is 24.5 Å². The van der Waals surface area contributed by atoms with Gasteiger partial charge in [-0.2, -0.15) is 5.26 Å². The van der Waals surface area contributed by atoms with E-state index in [2.05, 4.69) is 10.7 Å². The molecule has 0 aliphatic heterocycles. The second-order valence-electron chi connectivity index (χ2n) is 6.11. The molecule has 1 aromatic carbocycles. The summed E-state index contributed by atoms with van der Waals surface area (Å²) in [6.45, 7) is -0.161. The van der Waals surface area contributed by atoms with E-state index in [0.717, 1.165) is 11.4 Å². The summed E-state index contributed by atoms with van der Waals surface area (Å²) in [6, 6.07) is 10.3. The molecule has 1 aliphatic carbocycles. The van der Waals surface area contributed by atoms with E-state index in [1.807, 2.05) is 12.1 Å². The summed E-state index contributed by atoms with van der Waals surface area (Å²) in [4.78, 5) is 24.3. The topological polar surface area (TPSA) is 85.2 Å². The second-order valence-corrected chi connectivity index (χ2v) is 6.11. The highest BCUT2D eigenvalue weighted by atomic mass is 16.2. The largest absolute Gasteiger partial charge is 0.338 e. The van der Waals surface area contributed by atoms with E-state index in [1.165, 1.54) is 32.1 Å². The fraction of sp³-hybridized carbons (Fsp3) is 0.500. The Labute approximate surface area is 142 Å². The third kappa shape index (κ3) is 5.92. The molecule has 0 unspecified atom stereocenters. The van der Waals surface area contributed by atoms with Crippen LogP contribution in [0.4, 0.5) is 10.5 Å². The molecular formula is C18H24N4O2. The number of nitrogens with one attached hydrogen (secondary N) is 2. The molecule has 128 valence electrons. The molecule has 0 saturated heterocycles. The molecule has 1 aromatic rings. The van der Waals surface area contributed by atoms with E-state index in [9.17, 15) is 9.59 Å². The molecule has 24 heavy (non-hydrogen) atoms. The zero-order valence-corrected chi connectivity index (χ0v) is 13.8. The van der Waals surface area contributed by atoms with Crippen molar-refractivity contribution < 1.29 is 9.59 Å². The highest BCUT2D eigenvalue weighted by Crippen LogP contribution is 2.27. The van der Waals surface area contributed by atoms with Crippen molar-refractivity contribution in [2.45, 2.75) is 44.9 Å². The Morgan fingerprint density at radius 3 is 2.54 bits per heavy atom. The molecule has 0 atom stereocenters. The van der Waals surface area contributed by atoms with Crippen molar-refractivity contribution in [3.05, 3.63) is 30.3 Å². The van der Waals surface area contributed by atoms with Crippen molar-refractivity contribution in [1.29, 1.82) is 5.26 Å². The van der Waals surface area contributed by atoms with Gasteiger partial charge in [0, 0.05) is 12.1 Å². The van der Waals surface area contributed by atoms with Gasteiger partial charge in [0.1, 0.15) is 6.54 Å². The summed E-state index contributed by atoms with van der Waals surface area (Å²) in [6.07, 6.45) is 7.28. The number of hydrogen-bond donors (Lipinski definition) is 2. The number of benzene rings is 1. The summed E-state index contributed by atoms with van der Waals surface area (Å²) < 4.78 is 0. The number of nitriles is 1. The number of nitrogens with zero attached hydrogens (tertiary/aromatic N) is 2. The van der Waals surface area contributed by atoms with Crippen molar-refractivity contribution in [3.8, 4) is 6.07 Å². The first kappa shape index (κ1) is 17.8. The van der Waals surface area contributed by atoms with Gasteiger partial charge >= 0.3 is 6.03 Å². The summed E-state index contributed by atoms with van der Waals surface area (Å²) >= 11 is 0. The molecule has 0 aromatic heterocycles. The highest BCUT2D eigenvalue weighted by molar-refractivity contribution is 5.90. The predicted molar refractivity (Wildman–Crippen MR) is 91.7 cm³/mol. The smallest absolute Gasteiger partial charge is 0.307 e. The minimum absolute atomic E-state index is 0.161. The van der Waals surface area contributed by atoms with E-state index < -0.39 is 6.03 Å². The molecule has 0 radical (unpaired) electrons. The van der Waals surface area contributed by atoms with Gasteiger partial charge in [-0.3, -0.25) is 4.79 Å². The molecule has 6 nitrogen and oxygen atoms in total. The van der Waals surface area contributed by atoms with Crippen molar-refractivity contribution in [3.63, 3.8) is 0 Å². The Morgan fingerprint density at radius 2 is 1.88 bits per heavy atom. The van der Waals surface area contributed by atoms with Crippen molar-refractivity contribution in [2.75, 3.05) is 11.9 Å². The number of carbonyl (C=O) groups excluding carboxylic acids is 2. The maximum Gasteiger partial charge on any atom is 0.338 e. The number of hydrogen-bond acceptors (Lipinski definition) is 3. The standard InChI is InChI=1S/C18H24N4O2/c19-13-14-22(17(23)12-11-15-7-3-1-4-8-15)21-18(24)20-16-9-5-2-6-10-16/h2,5-6,9-10,15H,1,3-4,7-8,11-12,14H2,(H2,20,21,24). The molecule has 0 heterocycles. The monoisotopic (exact) mass is 328 g/mol. The van der Waals surface area contributed by atoms with E-state index in [4.69, 9.17) is 5.26 Å². The van der Waals surface area contributed by atoms with Crippen LogP contribution in [0.5, 0.6) is 0 Å². The van der Waals surface area contributed by atoms with Gasteiger partial charge in [-0.25, -0.2) is 15.2 Å². The van der Waals surface area contributed by atoms with Crippen LogP contribution in [0, 0.1) is 17.2 Å². The van der Waals surface area contributed by atoms with E-state index >= 15 is 0 Å². The van der Waals surface area contributed by atoms with E-state index in [0.29, 0.717) is 18.0 Å². The minimum atomic E-state index is -0.525. The maximum atomic E-state index is 12.3. The first-order valence-corrected chi connectivity index (χ1v) is 8.49. The summed E-state index contributed by atoms with van der Waals surface area (Å²) in [5.41, 5.74) is 3.09. The summed E-state index contributed by atoms with van der Waals surface area (Å²) in [5, 5.41) is 12.6. The quantitative estimate of drug-likeness (QED) is 0.641. The molecule has 0 spiro atoms. The average Bonchev–Trinajstić information content (AvgIpc) is 2.61. The minimum Gasteiger partial charge on any atom is -0.307 e.